The molecule has 1 heterocycles. The van der Waals surface area contributed by atoms with E-state index in [1.165, 1.54) is 23.0 Å². The maximum atomic E-state index is 12.1. The van der Waals surface area contributed by atoms with Crippen LogP contribution in [0.2, 0.25) is 0 Å². The number of nitrogens with zero attached hydrogens (tertiary/aromatic N) is 1. The molecule has 0 saturated carbocycles. The Kier molecular flexibility index (Phi) is 6.58. The fraction of sp³-hybridized carbons (Fsp3) is 0.182. The lowest BCUT2D eigenvalue weighted by Crippen LogP contribution is -2.07. The van der Waals surface area contributed by atoms with E-state index in [1.54, 1.807) is 6.08 Å². The monoisotopic (exact) mass is 440 g/mol. The van der Waals surface area contributed by atoms with Gasteiger partial charge in [0.15, 0.2) is 5.13 Å². The molecule has 0 atom stereocenters. The molecule has 27 heavy (non-hydrogen) atoms. The van der Waals surface area contributed by atoms with Crippen molar-refractivity contribution in [1.29, 1.82) is 0 Å². The standard InChI is InChI=1S/C22H21BrN2OS/c1-15(2)13-17-3-8-18(9-4-17)20-14-27-22(24-20)25-21(26)12-7-16-5-10-19(23)11-6-16/h3-12,14-15H,13H2,1-2H3,(H,24,25,26)/b12-7+. The molecular weight excluding hydrogens is 420 g/mol. The molecule has 3 rings (SSSR count). The van der Waals surface area contributed by atoms with Gasteiger partial charge in [-0.2, -0.15) is 0 Å². The van der Waals surface area contributed by atoms with Crippen LogP contribution in [0.15, 0.2) is 64.5 Å². The molecule has 0 aliphatic rings. The Bertz CT molecular complexity index is 928. The quantitative estimate of drug-likeness (QED) is 0.449. The summed E-state index contributed by atoms with van der Waals surface area (Å²) in [4.78, 5) is 16.6. The van der Waals surface area contributed by atoms with Crippen molar-refractivity contribution in [3.05, 3.63) is 75.6 Å². The molecule has 5 heteroatoms. The Hall–Kier alpha value is -2.24. The number of anilines is 1. The van der Waals surface area contributed by atoms with Crippen LogP contribution < -0.4 is 5.32 Å². The van der Waals surface area contributed by atoms with Gasteiger partial charge in [0.05, 0.1) is 5.69 Å². The van der Waals surface area contributed by atoms with E-state index in [2.05, 4.69) is 64.3 Å². The summed E-state index contributed by atoms with van der Waals surface area (Å²) in [6.07, 6.45) is 4.37. The first-order chi connectivity index (χ1) is 13.0. The van der Waals surface area contributed by atoms with Gasteiger partial charge in [0, 0.05) is 21.5 Å². The molecule has 0 unspecified atom stereocenters. The average Bonchev–Trinajstić information content (AvgIpc) is 3.10. The number of thiazole rings is 1. The predicted octanol–water partition coefficient (Wildman–Crippen LogP) is 6.42. The minimum Gasteiger partial charge on any atom is -0.298 e. The number of nitrogens with one attached hydrogen (secondary N) is 1. The van der Waals surface area contributed by atoms with Gasteiger partial charge in [0.1, 0.15) is 0 Å². The van der Waals surface area contributed by atoms with Crippen LogP contribution in [0.3, 0.4) is 0 Å². The van der Waals surface area contributed by atoms with Crippen molar-refractivity contribution in [3.8, 4) is 11.3 Å². The van der Waals surface area contributed by atoms with Crippen molar-refractivity contribution >= 4 is 44.4 Å². The number of hydrogen-bond acceptors (Lipinski definition) is 3. The summed E-state index contributed by atoms with van der Waals surface area (Å²) in [5, 5.41) is 5.39. The van der Waals surface area contributed by atoms with Crippen LogP contribution in [0.4, 0.5) is 5.13 Å². The minimum atomic E-state index is -0.189. The minimum absolute atomic E-state index is 0.189. The fourth-order valence-electron chi connectivity index (χ4n) is 2.64. The third-order valence-corrected chi connectivity index (χ3v) is 5.21. The molecule has 1 N–H and O–H groups in total. The van der Waals surface area contributed by atoms with Crippen LogP contribution in [0.1, 0.15) is 25.0 Å². The number of carbonyl (C=O) groups excluding carboxylic acids is 1. The zero-order valence-corrected chi connectivity index (χ0v) is 17.7. The molecule has 3 aromatic rings. The summed E-state index contributed by atoms with van der Waals surface area (Å²) in [5.41, 5.74) is 4.23. The van der Waals surface area contributed by atoms with E-state index in [-0.39, 0.29) is 5.91 Å². The Morgan fingerprint density at radius 3 is 2.52 bits per heavy atom. The Morgan fingerprint density at radius 2 is 1.85 bits per heavy atom. The third-order valence-electron chi connectivity index (χ3n) is 3.93. The Labute approximate surface area is 172 Å². The number of aromatic nitrogens is 1. The number of halogens is 1. The van der Waals surface area contributed by atoms with E-state index in [0.717, 1.165) is 27.7 Å². The topological polar surface area (TPSA) is 42.0 Å². The van der Waals surface area contributed by atoms with Gasteiger partial charge in [-0.25, -0.2) is 4.98 Å². The molecule has 0 radical (unpaired) electrons. The third kappa shape index (κ3) is 5.88. The highest BCUT2D eigenvalue weighted by molar-refractivity contribution is 9.10. The zero-order chi connectivity index (χ0) is 19.2. The molecule has 0 bridgehead atoms. The first-order valence-electron chi connectivity index (χ1n) is 8.79. The number of rotatable bonds is 6. The summed E-state index contributed by atoms with van der Waals surface area (Å²) >= 11 is 4.82. The molecular formula is C22H21BrN2OS. The van der Waals surface area contributed by atoms with E-state index in [9.17, 15) is 4.79 Å². The second-order valence-corrected chi connectivity index (χ2v) is 8.48. The van der Waals surface area contributed by atoms with Gasteiger partial charge >= 0.3 is 0 Å². The largest absolute Gasteiger partial charge is 0.298 e. The van der Waals surface area contributed by atoms with Crippen molar-refractivity contribution in [2.24, 2.45) is 5.92 Å². The van der Waals surface area contributed by atoms with E-state index < -0.39 is 0 Å². The number of hydrogen-bond donors (Lipinski definition) is 1. The SMILES string of the molecule is CC(C)Cc1ccc(-c2csc(NC(=O)/C=C/c3ccc(Br)cc3)n2)cc1. The smallest absolute Gasteiger partial charge is 0.250 e. The zero-order valence-electron chi connectivity index (χ0n) is 15.3. The summed E-state index contributed by atoms with van der Waals surface area (Å²) in [5.74, 6) is 0.452. The van der Waals surface area contributed by atoms with Gasteiger partial charge in [-0.15, -0.1) is 11.3 Å². The molecule has 0 fully saturated rings. The molecule has 0 spiro atoms. The normalized spacial score (nSPS) is 11.3. The lowest BCUT2D eigenvalue weighted by molar-refractivity contribution is -0.111. The van der Waals surface area contributed by atoms with Gasteiger partial charge in [0.2, 0.25) is 5.91 Å². The molecule has 2 aromatic carbocycles. The Balaban J connectivity index is 1.61. The van der Waals surface area contributed by atoms with Crippen LogP contribution in [0.5, 0.6) is 0 Å². The van der Waals surface area contributed by atoms with Gasteiger partial charge in [-0.1, -0.05) is 66.2 Å². The average molecular weight is 441 g/mol. The molecule has 1 aromatic heterocycles. The highest BCUT2D eigenvalue weighted by atomic mass is 79.9. The molecule has 1 amide bonds. The van der Waals surface area contributed by atoms with E-state index >= 15 is 0 Å². The van der Waals surface area contributed by atoms with Crippen LogP contribution >= 0.6 is 27.3 Å². The lowest BCUT2D eigenvalue weighted by atomic mass is 10.0. The van der Waals surface area contributed by atoms with Crippen LogP contribution in [0.25, 0.3) is 17.3 Å². The van der Waals surface area contributed by atoms with Crippen molar-refractivity contribution in [3.63, 3.8) is 0 Å². The highest BCUT2D eigenvalue weighted by Gasteiger charge is 2.07. The Morgan fingerprint density at radius 1 is 1.15 bits per heavy atom. The summed E-state index contributed by atoms with van der Waals surface area (Å²) in [6.45, 7) is 4.43. The van der Waals surface area contributed by atoms with E-state index in [4.69, 9.17) is 0 Å². The number of benzene rings is 2. The van der Waals surface area contributed by atoms with Crippen LogP contribution in [0, 0.1) is 5.92 Å². The molecule has 0 aliphatic heterocycles. The summed E-state index contributed by atoms with van der Waals surface area (Å²) in [6, 6.07) is 16.2. The second-order valence-electron chi connectivity index (χ2n) is 6.71. The highest BCUT2D eigenvalue weighted by Crippen LogP contribution is 2.25. The van der Waals surface area contributed by atoms with Crippen molar-refractivity contribution in [2.75, 3.05) is 5.32 Å². The molecule has 0 aliphatic carbocycles. The number of amides is 1. The first-order valence-corrected chi connectivity index (χ1v) is 10.5. The van der Waals surface area contributed by atoms with E-state index in [0.29, 0.717) is 11.0 Å². The van der Waals surface area contributed by atoms with Gasteiger partial charge in [-0.3, -0.25) is 10.1 Å². The van der Waals surface area contributed by atoms with Gasteiger partial charge < -0.3 is 0 Å². The van der Waals surface area contributed by atoms with Crippen LogP contribution in [-0.2, 0) is 11.2 Å². The van der Waals surface area contributed by atoms with Gasteiger partial charge in [-0.05, 0) is 41.7 Å². The van der Waals surface area contributed by atoms with Crippen molar-refractivity contribution in [2.45, 2.75) is 20.3 Å². The molecule has 138 valence electrons. The second kappa shape index (κ2) is 9.11. The molecule has 0 saturated heterocycles. The lowest BCUT2D eigenvalue weighted by Gasteiger charge is -2.05. The first kappa shape index (κ1) is 19.5. The maximum absolute atomic E-state index is 12.1. The van der Waals surface area contributed by atoms with Crippen LogP contribution in [-0.4, -0.2) is 10.9 Å². The predicted molar refractivity (Wildman–Crippen MR) is 118 cm³/mol. The molecule has 3 nitrogen and oxygen atoms in total. The van der Waals surface area contributed by atoms with E-state index in [1.807, 2.05) is 29.6 Å². The van der Waals surface area contributed by atoms with Crippen molar-refractivity contribution < 1.29 is 4.79 Å². The summed E-state index contributed by atoms with van der Waals surface area (Å²) < 4.78 is 1.01. The fourth-order valence-corrected chi connectivity index (χ4v) is 3.63. The number of carbonyl (C=O) groups is 1. The maximum Gasteiger partial charge on any atom is 0.250 e. The van der Waals surface area contributed by atoms with Crippen molar-refractivity contribution in [1.82, 2.24) is 4.98 Å². The van der Waals surface area contributed by atoms with Gasteiger partial charge in [0.25, 0.3) is 0 Å². The summed E-state index contributed by atoms with van der Waals surface area (Å²) in [7, 11) is 0.